The summed E-state index contributed by atoms with van der Waals surface area (Å²) in [5.74, 6) is 0.344. The molecule has 8 heteroatoms. The number of hydrogen-bond donors (Lipinski definition) is 1. The number of halogens is 1. The summed E-state index contributed by atoms with van der Waals surface area (Å²) >= 11 is 7.50. The first-order chi connectivity index (χ1) is 15.0. The van der Waals surface area contributed by atoms with Crippen LogP contribution in [0, 0.1) is 27.7 Å². The summed E-state index contributed by atoms with van der Waals surface area (Å²) in [4.78, 5) is 17.9. The predicted octanol–water partition coefficient (Wildman–Crippen LogP) is 6.17. The number of rotatable bonds is 5. The fourth-order valence-corrected chi connectivity index (χ4v) is 4.77. The van der Waals surface area contributed by atoms with E-state index in [0.717, 1.165) is 43.6 Å². The van der Waals surface area contributed by atoms with Crippen molar-refractivity contribution >= 4 is 44.7 Å². The van der Waals surface area contributed by atoms with Gasteiger partial charge in [0.05, 0.1) is 15.9 Å². The lowest BCUT2D eigenvalue weighted by Crippen LogP contribution is -2.42. The summed E-state index contributed by atoms with van der Waals surface area (Å²) < 4.78 is 8.82. The van der Waals surface area contributed by atoms with E-state index >= 15 is 0 Å². The Bertz CT molecular complexity index is 1320. The molecule has 32 heavy (non-hydrogen) atoms. The molecule has 4 rings (SSSR count). The summed E-state index contributed by atoms with van der Waals surface area (Å²) in [6.45, 7) is 11.4. The highest BCUT2D eigenvalue weighted by atomic mass is 35.5. The van der Waals surface area contributed by atoms with Gasteiger partial charge in [0.15, 0.2) is 5.60 Å². The molecule has 0 saturated heterocycles. The highest BCUT2D eigenvalue weighted by Gasteiger charge is 2.31. The highest BCUT2D eigenvalue weighted by Crippen LogP contribution is 2.35. The van der Waals surface area contributed by atoms with Crippen LogP contribution in [0.15, 0.2) is 36.4 Å². The van der Waals surface area contributed by atoms with Gasteiger partial charge in [0.1, 0.15) is 5.75 Å². The van der Waals surface area contributed by atoms with Gasteiger partial charge in [0.2, 0.25) is 5.13 Å². The third kappa shape index (κ3) is 4.23. The quantitative estimate of drug-likeness (QED) is 0.380. The maximum absolute atomic E-state index is 13.1. The Labute approximate surface area is 196 Å². The van der Waals surface area contributed by atoms with Crippen LogP contribution in [0.1, 0.15) is 36.4 Å². The number of nitrogens with zero attached hydrogens (tertiary/aromatic N) is 3. The van der Waals surface area contributed by atoms with Crippen molar-refractivity contribution in [3.63, 3.8) is 0 Å². The van der Waals surface area contributed by atoms with Gasteiger partial charge < -0.3 is 10.1 Å². The average molecular weight is 469 g/mol. The number of aryl methyl sites for hydroxylation is 4. The van der Waals surface area contributed by atoms with Gasteiger partial charge in [-0.3, -0.25) is 4.79 Å². The van der Waals surface area contributed by atoms with Gasteiger partial charge in [0, 0.05) is 16.4 Å². The van der Waals surface area contributed by atoms with Crippen molar-refractivity contribution in [2.45, 2.75) is 47.1 Å². The van der Waals surface area contributed by atoms with Gasteiger partial charge in [0.25, 0.3) is 5.91 Å². The molecule has 4 aromatic rings. The van der Waals surface area contributed by atoms with E-state index in [1.54, 1.807) is 49.4 Å². The number of aromatic nitrogens is 3. The van der Waals surface area contributed by atoms with Crippen molar-refractivity contribution in [2.75, 3.05) is 5.32 Å². The first kappa shape index (κ1) is 22.3. The molecule has 0 aliphatic heterocycles. The van der Waals surface area contributed by atoms with Gasteiger partial charge in [-0.15, -0.1) is 0 Å². The topological polar surface area (TPSA) is 69.0 Å². The summed E-state index contributed by atoms with van der Waals surface area (Å²) in [7, 11) is 0. The fourth-order valence-electron chi connectivity index (χ4n) is 3.59. The number of anilines is 1. The second-order valence-electron chi connectivity index (χ2n) is 8.40. The smallest absolute Gasteiger partial charge is 0.267 e. The van der Waals surface area contributed by atoms with Crippen LogP contribution in [0.2, 0.25) is 5.02 Å². The van der Waals surface area contributed by atoms with Crippen molar-refractivity contribution in [1.82, 2.24) is 14.8 Å². The van der Waals surface area contributed by atoms with Crippen LogP contribution >= 0.6 is 22.9 Å². The molecular formula is C24H25ClN4O2S. The molecule has 2 heterocycles. The van der Waals surface area contributed by atoms with Crippen LogP contribution in [0.25, 0.3) is 15.3 Å². The van der Waals surface area contributed by atoms with E-state index in [0.29, 0.717) is 10.8 Å². The molecule has 166 valence electrons. The Morgan fingerprint density at radius 3 is 2.44 bits per heavy atom. The molecule has 1 amide bonds. The van der Waals surface area contributed by atoms with E-state index < -0.39 is 5.60 Å². The number of hydrogen-bond acceptors (Lipinski definition) is 5. The zero-order valence-corrected chi connectivity index (χ0v) is 20.5. The molecule has 0 radical (unpaired) electrons. The molecule has 0 unspecified atom stereocenters. The molecule has 0 aliphatic carbocycles. The summed E-state index contributed by atoms with van der Waals surface area (Å²) in [5, 5.41) is 9.04. The molecule has 0 saturated carbocycles. The summed E-state index contributed by atoms with van der Waals surface area (Å²) in [6, 6.07) is 11.0. The minimum absolute atomic E-state index is 0.235. The average Bonchev–Trinajstić information content (AvgIpc) is 3.28. The first-order valence-corrected chi connectivity index (χ1v) is 11.4. The number of benzene rings is 2. The van der Waals surface area contributed by atoms with Crippen molar-refractivity contribution in [1.29, 1.82) is 0 Å². The lowest BCUT2D eigenvalue weighted by molar-refractivity contribution is -0.128. The van der Waals surface area contributed by atoms with Crippen molar-refractivity contribution in [3.05, 3.63) is 63.9 Å². The third-order valence-corrected chi connectivity index (χ3v) is 6.69. The van der Waals surface area contributed by atoms with Gasteiger partial charge >= 0.3 is 0 Å². The van der Waals surface area contributed by atoms with Crippen molar-refractivity contribution in [2.24, 2.45) is 0 Å². The van der Waals surface area contributed by atoms with Gasteiger partial charge in [-0.25, -0.2) is 9.67 Å². The molecule has 6 nitrogen and oxygen atoms in total. The summed E-state index contributed by atoms with van der Waals surface area (Å²) in [5.41, 5.74) is 4.48. The van der Waals surface area contributed by atoms with Crippen molar-refractivity contribution < 1.29 is 9.53 Å². The summed E-state index contributed by atoms with van der Waals surface area (Å²) in [6.07, 6.45) is 0. The minimum Gasteiger partial charge on any atom is -0.478 e. The molecule has 0 aliphatic rings. The van der Waals surface area contributed by atoms with Crippen LogP contribution in [0.4, 0.5) is 5.69 Å². The Kier molecular flexibility index (Phi) is 5.73. The van der Waals surface area contributed by atoms with Crippen LogP contribution in [0.5, 0.6) is 5.75 Å². The molecule has 0 fully saturated rings. The number of thiazole rings is 1. The number of amides is 1. The fraction of sp³-hybridized carbons (Fsp3) is 0.292. The van der Waals surface area contributed by atoms with Crippen molar-refractivity contribution in [3.8, 4) is 10.9 Å². The zero-order chi connectivity index (χ0) is 23.2. The molecule has 2 aromatic carbocycles. The van der Waals surface area contributed by atoms with E-state index in [2.05, 4.69) is 10.4 Å². The Hall–Kier alpha value is -2.90. The second kappa shape index (κ2) is 8.22. The maximum Gasteiger partial charge on any atom is 0.267 e. The van der Waals surface area contributed by atoms with Crippen LogP contribution in [-0.2, 0) is 4.79 Å². The largest absolute Gasteiger partial charge is 0.478 e. The zero-order valence-electron chi connectivity index (χ0n) is 18.9. The number of fused-ring (bicyclic) bond motifs is 1. The number of carbonyl (C=O) groups excluding carboxylic acids is 1. The lowest BCUT2D eigenvalue weighted by atomic mass is 10.0. The SMILES string of the molecule is Cc1cc(C)n(-c2nc3cc(C)c(NC(=O)C(C)(C)Oc4ccc(Cl)cc4)c(C)c3s2)n1. The van der Waals surface area contributed by atoms with E-state index in [-0.39, 0.29) is 5.91 Å². The van der Waals surface area contributed by atoms with Crippen LogP contribution < -0.4 is 10.1 Å². The maximum atomic E-state index is 13.1. The molecule has 0 bridgehead atoms. The number of ether oxygens (including phenoxy) is 1. The van der Waals surface area contributed by atoms with E-state index in [4.69, 9.17) is 21.3 Å². The monoisotopic (exact) mass is 468 g/mol. The molecule has 2 aromatic heterocycles. The Morgan fingerprint density at radius 1 is 1.12 bits per heavy atom. The minimum atomic E-state index is -1.08. The van der Waals surface area contributed by atoms with Gasteiger partial charge in [-0.05, 0) is 89.1 Å². The predicted molar refractivity (Wildman–Crippen MR) is 130 cm³/mol. The molecule has 0 atom stereocenters. The van der Waals surface area contributed by atoms with Gasteiger partial charge in [-0.1, -0.05) is 22.9 Å². The van der Waals surface area contributed by atoms with Crippen LogP contribution in [0.3, 0.4) is 0 Å². The molecular weight excluding hydrogens is 444 g/mol. The lowest BCUT2D eigenvalue weighted by Gasteiger charge is -2.26. The van der Waals surface area contributed by atoms with Crippen LogP contribution in [-0.4, -0.2) is 26.3 Å². The third-order valence-electron chi connectivity index (χ3n) is 5.27. The number of carbonyl (C=O) groups is 1. The standard InChI is InChI=1S/C24H25ClN4O2S/c1-13-11-19-21(32-23(26-19)29-15(3)12-14(2)28-29)16(4)20(13)27-22(30)24(5,6)31-18-9-7-17(25)8-10-18/h7-12H,1-6H3,(H,27,30). The highest BCUT2D eigenvalue weighted by molar-refractivity contribution is 7.21. The van der Waals surface area contributed by atoms with E-state index in [1.807, 2.05) is 44.5 Å². The first-order valence-electron chi connectivity index (χ1n) is 10.3. The molecule has 0 spiro atoms. The van der Waals surface area contributed by atoms with E-state index in [9.17, 15) is 4.79 Å². The second-order valence-corrected chi connectivity index (χ2v) is 9.81. The van der Waals surface area contributed by atoms with E-state index in [1.165, 1.54) is 0 Å². The Morgan fingerprint density at radius 2 is 1.81 bits per heavy atom. The van der Waals surface area contributed by atoms with Gasteiger partial charge in [-0.2, -0.15) is 5.10 Å². The number of nitrogens with one attached hydrogen (secondary N) is 1. The Balaban J connectivity index is 1.64. The molecule has 1 N–H and O–H groups in total. The normalized spacial score (nSPS) is 11.7.